The molecule has 0 fully saturated rings. The molecular weight excluding hydrogens is 294 g/mol. The van der Waals surface area contributed by atoms with Gasteiger partial charge in [-0.25, -0.2) is 4.68 Å². The van der Waals surface area contributed by atoms with E-state index < -0.39 is 0 Å². The van der Waals surface area contributed by atoms with Crippen LogP contribution >= 0.6 is 11.6 Å². The van der Waals surface area contributed by atoms with E-state index >= 15 is 0 Å². The Kier molecular flexibility index (Phi) is 3.94. The Labute approximate surface area is 125 Å². The second kappa shape index (κ2) is 6.02. The Bertz CT molecular complexity index is 740. The lowest BCUT2D eigenvalue weighted by Crippen LogP contribution is -2.00. The monoisotopic (exact) mass is 305 g/mol. The zero-order valence-corrected chi connectivity index (χ0v) is 11.7. The second-order valence-electron chi connectivity index (χ2n) is 4.37. The van der Waals surface area contributed by atoms with Gasteiger partial charge < -0.3 is 9.63 Å². The molecule has 0 aliphatic rings. The third kappa shape index (κ3) is 3.09. The maximum absolute atomic E-state index is 8.84. The van der Waals surface area contributed by atoms with Crippen molar-refractivity contribution in [1.29, 1.82) is 0 Å². The summed E-state index contributed by atoms with van der Waals surface area (Å²) in [6.07, 6.45) is 2.20. The normalized spacial score (nSPS) is 11.0. The van der Waals surface area contributed by atoms with Crippen LogP contribution in [0.25, 0.3) is 11.4 Å². The zero-order chi connectivity index (χ0) is 14.7. The van der Waals surface area contributed by atoms with Crippen LogP contribution in [-0.4, -0.2) is 36.8 Å². The van der Waals surface area contributed by atoms with Gasteiger partial charge >= 0.3 is 0 Å². The molecule has 0 spiro atoms. The first-order valence-corrected chi connectivity index (χ1v) is 6.71. The van der Waals surface area contributed by atoms with Crippen molar-refractivity contribution in [2.45, 2.75) is 13.0 Å². The first kappa shape index (κ1) is 13.7. The Balaban J connectivity index is 1.77. The second-order valence-corrected chi connectivity index (χ2v) is 4.78. The van der Waals surface area contributed by atoms with E-state index in [1.807, 2.05) is 18.2 Å². The molecule has 108 valence electrons. The van der Waals surface area contributed by atoms with Gasteiger partial charge in [-0.2, -0.15) is 4.98 Å². The largest absolute Gasteiger partial charge is 0.396 e. The molecule has 0 saturated carbocycles. The average Bonchev–Trinajstić information content (AvgIpc) is 3.10. The Morgan fingerprint density at radius 3 is 2.95 bits per heavy atom. The van der Waals surface area contributed by atoms with E-state index in [1.54, 1.807) is 16.9 Å². The van der Waals surface area contributed by atoms with Gasteiger partial charge in [0.15, 0.2) is 0 Å². The minimum absolute atomic E-state index is 0.0376. The molecule has 0 saturated heterocycles. The molecule has 3 aromatic rings. The summed E-state index contributed by atoms with van der Waals surface area (Å²) in [7, 11) is 0. The number of hydrogen-bond donors (Lipinski definition) is 1. The third-order valence-electron chi connectivity index (χ3n) is 2.83. The summed E-state index contributed by atoms with van der Waals surface area (Å²) < 4.78 is 6.77. The fourth-order valence-corrected chi connectivity index (χ4v) is 2.07. The third-order valence-corrected chi connectivity index (χ3v) is 3.16. The van der Waals surface area contributed by atoms with E-state index in [4.69, 9.17) is 21.2 Å². The first-order chi connectivity index (χ1) is 10.3. The van der Waals surface area contributed by atoms with Crippen LogP contribution in [0.5, 0.6) is 0 Å². The van der Waals surface area contributed by atoms with Crippen molar-refractivity contribution in [2.75, 3.05) is 6.61 Å². The number of aliphatic hydroxyl groups is 1. The molecule has 2 heterocycles. The zero-order valence-electron chi connectivity index (χ0n) is 11.0. The number of rotatable bonds is 5. The highest BCUT2D eigenvalue weighted by Crippen LogP contribution is 2.24. The summed E-state index contributed by atoms with van der Waals surface area (Å²) >= 11 is 6.09. The molecule has 8 heteroatoms. The molecular formula is C13H12ClN5O2. The van der Waals surface area contributed by atoms with Crippen molar-refractivity contribution in [1.82, 2.24) is 25.1 Å². The number of hydrogen-bond acceptors (Lipinski definition) is 6. The number of aliphatic hydroxyl groups excluding tert-OH is 1. The van der Waals surface area contributed by atoms with E-state index in [9.17, 15) is 0 Å². The van der Waals surface area contributed by atoms with Crippen LogP contribution in [0.1, 0.15) is 11.6 Å². The summed E-state index contributed by atoms with van der Waals surface area (Å²) in [5, 5.41) is 21.2. The van der Waals surface area contributed by atoms with Gasteiger partial charge in [-0.1, -0.05) is 34.1 Å². The van der Waals surface area contributed by atoms with Crippen LogP contribution in [0.4, 0.5) is 0 Å². The molecule has 0 radical (unpaired) electrons. The summed E-state index contributed by atoms with van der Waals surface area (Å²) in [5.41, 5.74) is 1.43. The van der Waals surface area contributed by atoms with Crippen LogP contribution in [0.15, 0.2) is 35.0 Å². The summed E-state index contributed by atoms with van der Waals surface area (Å²) in [5.74, 6) is 0.844. The Hall–Kier alpha value is -2.25. The van der Waals surface area contributed by atoms with Crippen molar-refractivity contribution in [2.24, 2.45) is 0 Å². The number of benzene rings is 1. The highest BCUT2D eigenvalue weighted by molar-refractivity contribution is 6.33. The molecule has 1 aromatic carbocycles. The predicted octanol–water partition coefficient (Wildman–Crippen LogP) is 1.56. The van der Waals surface area contributed by atoms with Crippen molar-refractivity contribution in [3.8, 4) is 11.4 Å². The van der Waals surface area contributed by atoms with E-state index in [0.717, 1.165) is 0 Å². The standard InChI is InChI=1S/C13H12ClN5O2/c14-11-4-2-1-3-10(11)13-15-12(21-17-13)8-19-7-9(5-6-20)16-18-19/h1-4,7,20H,5-6,8H2. The molecule has 3 rings (SSSR count). The topological polar surface area (TPSA) is 89.9 Å². The molecule has 0 amide bonds. The van der Waals surface area contributed by atoms with Gasteiger partial charge in [0.1, 0.15) is 6.54 Å². The van der Waals surface area contributed by atoms with Gasteiger partial charge in [0.2, 0.25) is 11.7 Å². The van der Waals surface area contributed by atoms with Gasteiger partial charge in [0.25, 0.3) is 0 Å². The summed E-state index contributed by atoms with van der Waals surface area (Å²) in [4.78, 5) is 4.29. The molecule has 0 unspecified atom stereocenters. The van der Waals surface area contributed by atoms with Gasteiger partial charge in [0, 0.05) is 24.8 Å². The number of nitrogens with zero attached hydrogens (tertiary/aromatic N) is 5. The van der Waals surface area contributed by atoms with Crippen LogP contribution in [0, 0.1) is 0 Å². The minimum Gasteiger partial charge on any atom is -0.396 e. The highest BCUT2D eigenvalue weighted by Gasteiger charge is 2.12. The fourth-order valence-electron chi connectivity index (χ4n) is 1.85. The fraction of sp³-hybridized carbons (Fsp3) is 0.231. The van der Waals surface area contributed by atoms with Crippen molar-refractivity contribution < 1.29 is 9.63 Å². The van der Waals surface area contributed by atoms with Gasteiger partial charge in [-0.15, -0.1) is 5.10 Å². The molecule has 0 bridgehead atoms. The lowest BCUT2D eigenvalue weighted by atomic mass is 10.2. The molecule has 2 aromatic heterocycles. The lowest BCUT2D eigenvalue weighted by Gasteiger charge is -1.96. The lowest BCUT2D eigenvalue weighted by molar-refractivity contribution is 0.298. The van der Waals surface area contributed by atoms with Crippen LogP contribution in [-0.2, 0) is 13.0 Å². The Morgan fingerprint density at radius 1 is 1.29 bits per heavy atom. The predicted molar refractivity (Wildman–Crippen MR) is 74.7 cm³/mol. The molecule has 0 atom stereocenters. The first-order valence-electron chi connectivity index (χ1n) is 6.33. The smallest absolute Gasteiger partial charge is 0.248 e. The molecule has 0 aliphatic heterocycles. The van der Waals surface area contributed by atoms with E-state index in [-0.39, 0.29) is 6.61 Å². The number of halogens is 1. The minimum atomic E-state index is 0.0376. The highest BCUT2D eigenvalue weighted by atomic mass is 35.5. The van der Waals surface area contributed by atoms with E-state index in [1.165, 1.54) is 0 Å². The molecule has 7 nitrogen and oxygen atoms in total. The SMILES string of the molecule is OCCc1cn(Cc2nc(-c3ccccc3Cl)no2)nn1. The van der Waals surface area contributed by atoms with E-state index in [0.29, 0.717) is 41.0 Å². The molecule has 0 aliphatic carbocycles. The number of aromatic nitrogens is 5. The molecule has 1 N–H and O–H groups in total. The van der Waals surface area contributed by atoms with Crippen molar-refractivity contribution in [3.05, 3.63) is 47.1 Å². The van der Waals surface area contributed by atoms with Crippen molar-refractivity contribution in [3.63, 3.8) is 0 Å². The van der Waals surface area contributed by atoms with Crippen LogP contribution in [0.2, 0.25) is 5.02 Å². The summed E-state index contributed by atoms with van der Waals surface area (Å²) in [6, 6.07) is 7.29. The van der Waals surface area contributed by atoms with Gasteiger partial charge in [-0.05, 0) is 12.1 Å². The summed E-state index contributed by atoms with van der Waals surface area (Å²) in [6.45, 7) is 0.353. The maximum Gasteiger partial charge on any atom is 0.248 e. The van der Waals surface area contributed by atoms with Gasteiger partial charge in [0.05, 0.1) is 10.7 Å². The quantitative estimate of drug-likeness (QED) is 0.769. The average molecular weight is 306 g/mol. The van der Waals surface area contributed by atoms with Crippen molar-refractivity contribution >= 4 is 11.6 Å². The Morgan fingerprint density at radius 2 is 2.14 bits per heavy atom. The van der Waals surface area contributed by atoms with Crippen LogP contribution in [0.3, 0.4) is 0 Å². The van der Waals surface area contributed by atoms with Crippen LogP contribution < -0.4 is 0 Å². The maximum atomic E-state index is 8.84. The van der Waals surface area contributed by atoms with E-state index in [2.05, 4.69) is 20.5 Å². The van der Waals surface area contributed by atoms with Gasteiger partial charge in [-0.3, -0.25) is 0 Å². The molecule has 21 heavy (non-hydrogen) atoms.